The molecular weight excluding hydrogens is 278 g/mol. The number of nitrogens with zero attached hydrogens (tertiary/aromatic N) is 1. The lowest BCUT2D eigenvalue weighted by Crippen LogP contribution is -2.16. The molecule has 1 heterocycles. The molecule has 19 heavy (non-hydrogen) atoms. The first kappa shape index (κ1) is 14.5. The quantitative estimate of drug-likeness (QED) is 0.881. The van der Waals surface area contributed by atoms with E-state index in [9.17, 15) is 5.11 Å². The van der Waals surface area contributed by atoms with E-state index in [4.69, 9.17) is 11.6 Å². The number of hydrogen-bond acceptors (Lipinski definition) is 3. The van der Waals surface area contributed by atoms with Crippen LogP contribution < -0.4 is 0 Å². The van der Waals surface area contributed by atoms with Gasteiger partial charge in [0.1, 0.15) is 5.01 Å². The van der Waals surface area contributed by atoms with Gasteiger partial charge in [-0.3, -0.25) is 0 Å². The van der Waals surface area contributed by atoms with Gasteiger partial charge in [0, 0.05) is 5.56 Å². The summed E-state index contributed by atoms with van der Waals surface area (Å²) in [5.74, 6) is 0.272. The van der Waals surface area contributed by atoms with Crippen molar-refractivity contribution in [3.8, 4) is 10.6 Å². The minimum atomic E-state index is -0.878. The van der Waals surface area contributed by atoms with Gasteiger partial charge >= 0.3 is 0 Å². The van der Waals surface area contributed by atoms with E-state index < -0.39 is 5.60 Å². The number of halogens is 1. The summed E-state index contributed by atoms with van der Waals surface area (Å²) in [5.41, 5.74) is 0.996. The standard InChI is InChI=1S/C15H18ClNOS/c1-9(2)12-13(15(3,4)18)19-14(17-12)10-7-5-6-8-11(10)16/h5-9,18H,1-4H3. The van der Waals surface area contributed by atoms with E-state index in [0.29, 0.717) is 5.02 Å². The summed E-state index contributed by atoms with van der Waals surface area (Å²) < 4.78 is 0. The zero-order valence-electron chi connectivity index (χ0n) is 11.6. The first-order chi connectivity index (χ1) is 8.80. The van der Waals surface area contributed by atoms with E-state index in [1.165, 1.54) is 11.3 Å². The van der Waals surface area contributed by atoms with Crippen molar-refractivity contribution in [1.29, 1.82) is 0 Å². The zero-order valence-corrected chi connectivity index (χ0v) is 13.1. The Kier molecular flexibility index (Phi) is 4.00. The Morgan fingerprint density at radius 3 is 2.37 bits per heavy atom. The summed E-state index contributed by atoms with van der Waals surface area (Å²) in [5, 5.41) is 11.8. The maximum Gasteiger partial charge on any atom is 0.125 e. The van der Waals surface area contributed by atoms with Crippen LogP contribution in [0, 0.1) is 0 Å². The van der Waals surface area contributed by atoms with Crippen LogP contribution in [0.25, 0.3) is 10.6 Å². The zero-order chi connectivity index (χ0) is 14.2. The van der Waals surface area contributed by atoms with Crippen LogP contribution in [-0.2, 0) is 5.60 Å². The maximum absolute atomic E-state index is 10.3. The molecular formula is C15H18ClNOS. The van der Waals surface area contributed by atoms with Crippen molar-refractivity contribution in [2.45, 2.75) is 39.2 Å². The SMILES string of the molecule is CC(C)c1nc(-c2ccccc2Cl)sc1C(C)(C)O. The highest BCUT2D eigenvalue weighted by atomic mass is 35.5. The predicted octanol–water partition coefficient (Wildman–Crippen LogP) is 4.81. The first-order valence-electron chi connectivity index (χ1n) is 6.29. The average Bonchev–Trinajstić information content (AvgIpc) is 2.74. The Morgan fingerprint density at radius 1 is 1.26 bits per heavy atom. The lowest BCUT2D eigenvalue weighted by molar-refractivity contribution is 0.0811. The molecule has 0 atom stereocenters. The maximum atomic E-state index is 10.3. The molecule has 2 rings (SSSR count). The third-order valence-electron chi connectivity index (χ3n) is 2.86. The van der Waals surface area contributed by atoms with E-state index in [-0.39, 0.29) is 5.92 Å². The molecule has 1 aromatic carbocycles. The highest BCUT2D eigenvalue weighted by molar-refractivity contribution is 7.15. The minimum Gasteiger partial charge on any atom is -0.385 e. The summed E-state index contributed by atoms with van der Waals surface area (Å²) in [6.45, 7) is 7.76. The third-order valence-corrected chi connectivity index (χ3v) is 4.61. The lowest BCUT2D eigenvalue weighted by Gasteiger charge is -2.17. The Bertz CT molecular complexity index is 584. The fourth-order valence-corrected chi connectivity index (χ4v) is 3.45. The van der Waals surface area contributed by atoms with Crippen LogP contribution in [0.5, 0.6) is 0 Å². The number of aromatic nitrogens is 1. The molecule has 0 fully saturated rings. The Hall–Kier alpha value is -0.900. The molecule has 1 aromatic heterocycles. The van der Waals surface area contributed by atoms with Crippen molar-refractivity contribution in [3.05, 3.63) is 39.9 Å². The minimum absolute atomic E-state index is 0.272. The highest BCUT2D eigenvalue weighted by Crippen LogP contribution is 2.39. The average molecular weight is 296 g/mol. The summed E-state index contributed by atoms with van der Waals surface area (Å²) in [6.07, 6.45) is 0. The van der Waals surface area contributed by atoms with Crippen LogP contribution in [0.3, 0.4) is 0 Å². The fraction of sp³-hybridized carbons (Fsp3) is 0.400. The van der Waals surface area contributed by atoms with Gasteiger partial charge in [0.2, 0.25) is 0 Å². The van der Waals surface area contributed by atoms with Crippen LogP contribution in [0.1, 0.15) is 44.2 Å². The summed E-state index contributed by atoms with van der Waals surface area (Å²) in [6, 6.07) is 7.66. The smallest absolute Gasteiger partial charge is 0.125 e. The molecule has 0 aliphatic rings. The van der Waals surface area contributed by atoms with E-state index in [2.05, 4.69) is 18.8 Å². The van der Waals surface area contributed by atoms with Crippen LogP contribution in [-0.4, -0.2) is 10.1 Å². The summed E-state index contributed by atoms with van der Waals surface area (Å²) >= 11 is 7.73. The molecule has 0 amide bonds. The van der Waals surface area contributed by atoms with Gasteiger partial charge in [-0.05, 0) is 25.8 Å². The third kappa shape index (κ3) is 2.99. The second kappa shape index (κ2) is 5.23. The van der Waals surface area contributed by atoms with Crippen LogP contribution in [0.4, 0.5) is 0 Å². The molecule has 0 bridgehead atoms. The van der Waals surface area contributed by atoms with Crippen molar-refractivity contribution in [3.63, 3.8) is 0 Å². The summed E-state index contributed by atoms with van der Waals surface area (Å²) in [4.78, 5) is 5.60. The molecule has 0 unspecified atom stereocenters. The molecule has 102 valence electrons. The molecule has 1 N–H and O–H groups in total. The second-order valence-electron chi connectivity index (χ2n) is 5.43. The Morgan fingerprint density at radius 2 is 1.89 bits per heavy atom. The van der Waals surface area contributed by atoms with Gasteiger partial charge in [0.25, 0.3) is 0 Å². The normalized spacial score (nSPS) is 12.2. The molecule has 2 nitrogen and oxygen atoms in total. The van der Waals surface area contributed by atoms with Crippen molar-refractivity contribution >= 4 is 22.9 Å². The first-order valence-corrected chi connectivity index (χ1v) is 7.48. The van der Waals surface area contributed by atoms with Gasteiger partial charge in [-0.15, -0.1) is 11.3 Å². The number of rotatable bonds is 3. The monoisotopic (exact) mass is 295 g/mol. The van der Waals surface area contributed by atoms with Crippen LogP contribution >= 0.6 is 22.9 Å². The van der Waals surface area contributed by atoms with Gasteiger partial charge in [-0.25, -0.2) is 4.98 Å². The predicted molar refractivity (Wildman–Crippen MR) is 81.9 cm³/mol. The largest absolute Gasteiger partial charge is 0.385 e. The molecule has 0 saturated heterocycles. The van der Waals surface area contributed by atoms with E-state index in [1.807, 2.05) is 24.3 Å². The van der Waals surface area contributed by atoms with Crippen molar-refractivity contribution in [1.82, 2.24) is 4.98 Å². The number of hydrogen-bond donors (Lipinski definition) is 1. The number of thiazole rings is 1. The Balaban J connectivity index is 2.59. The topological polar surface area (TPSA) is 33.1 Å². The molecule has 2 aromatic rings. The number of benzene rings is 1. The summed E-state index contributed by atoms with van der Waals surface area (Å²) in [7, 11) is 0. The van der Waals surface area contributed by atoms with E-state index >= 15 is 0 Å². The number of aliphatic hydroxyl groups is 1. The Labute approximate surface area is 123 Å². The van der Waals surface area contributed by atoms with E-state index in [0.717, 1.165) is 21.1 Å². The fourth-order valence-electron chi connectivity index (χ4n) is 1.91. The van der Waals surface area contributed by atoms with Crippen molar-refractivity contribution in [2.24, 2.45) is 0 Å². The van der Waals surface area contributed by atoms with E-state index in [1.54, 1.807) is 13.8 Å². The van der Waals surface area contributed by atoms with Gasteiger partial charge < -0.3 is 5.11 Å². The van der Waals surface area contributed by atoms with Crippen LogP contribution in [0.15, 0.2) is 24.3 Å². The molecule has 0 radical (unpaired) electrons. The molecule has 0 spiro atoms. The molecule has 4 heteroatoms. The van der Waals surface area contributed by atoms with Crippen molar-refractivity contribution < 1.29 is 5.11 Å². The second-order valence-corrected chi connectivity index (χ2v) is 6.83. The van der Waals surface area contributed by atoms with Gasteiger partial charge in [-0.2, -0.15) is 0 Å². The van der Waals surface area contributed by atoms with Crippen LogP contribution in [0.2, 0.25) is 5.02 Å². The molecule has 0 aliphatic heterocycles. The lowest BCUT2D eigenvalue weighted by atomic mass is 10.0. The molecule has 0 saturated carbocycles. The molecule has 0 aliphatic carbocycles. The van der Waals surface area contributed by atoms with Crippen molar-refractivity contribution in [2.75, 3.05) is 0 Å². The highest BCUT2D eigenvalue weighted by Gasteiger charge is 2.27. The van der Waals surface area contributed by atoms with Gasteiger partial charge in [0.15, 0.2) is 0 Å². The van der Waals surface area contributed by atoms with Gasteiger partial charge in [-0.1, -0.05) is 43.6 Å². The van der Waals surface area contributed by atoms with Gasteiger partial charge in [0.05, 0.1) is 21.2 Å².